The molecule has 0 spiro atoms. The highest BCUT2D eigenvalue weighted by atomic mass is 35.5. The number of hydrogen-bond donors (Lipinski definition) is 0. The minimum absolute atomic E-state index is 0.689. The van der Waals surface area contributed by atoms with E-state index in [0.717, 1.165) is 23.4 Å². The van der Waals surface area contributed by atoms with Crippen molar-refractivity contribution in [2.45, 2.75) is 19.8 Å². The summed E-state index contributed by atoms with van der Waals surface area (Å²) in [6.07, 6.45) is 1.95. The van der Waals surface area contributed by atoms with Crippen LogP contribution in [0, 0.1) is 6.92 Å². The van der Waals surface area contributed by atoms with E-state index in [2.05, 4.69) is 31.2 Å². The number of halogens is 2. The normalized spacial score (nSPS) is 10.5. The van der Waals surface area contributed by atoms with Gasteiger partial charge in [0.05, 0.1) is 0 Å². The number of rotatable bonds is 3. The predicted molar refractivity (Wildman–Crippen MR) is 75.0 cm³/mol. The molecule has 0 aliphatic rings. The molecule has 17 heavy (non-hydrogen) atoms. The fraction of sp³-hybridized carbons (Fsp3) is 0.200. The lowest BCUT2D eigenvalue weighted by Gasteiger charge is -2.05. The summed E-state index contributed by atoms with van der Waals surface area (Å²) in [5, 5.41) is 1.44. The average Bonchev–Trinajstić information content (AvgIpc) is 2.30. The molecule has 0 amide bonds. The third kappa shape index (κ3) is 3.49. The van der Waals surface area contributed by atoms with Crippen molar-refractivity contribution in [2.24, 2.45) is 0 Å². The molecule has 0 radical (unpaired) electrons. The monoisotopic (exact) mass is 264 g/mol. The van der Waals surface area contributed by atoms with Gasteiger partial charge in [-0.1, -0.05) is 59.1 Å². The molecule has 0 aliphatic carbocycles. The molecule has 0 N–H and O–H groups in total. The lowest BCUT2D eigenvalue weighted by Crippen LogP contribution is -1.92. The van der Waals surface area contributed by atoms with Gasteiger partial charge in [0.2, 0.25) is 0 Å². The van der Waals surface area contributed by atoms with E-state index in [9.17, 15) is 0 Å². The summed E-state index contributed by atoms with van der Waals surface area (Å²) in [5.74, 6) is 0. The Morgan fingerprint density at radius 2 is 1.59 bits per heavy atom. The molecular weight excluding hydrogens is 251 g/mol. The van der Waals surface area contributed by atoms with E-state index >= 15 is 0 Å². The van der Waals surface area contributed by atoms with Crippen LogP contribution in [-0.2, 0) is 12.8 Å². The number of hydrogen-bond acceptors (Lipinski definition) is 0. The summed E-state index contributed by atoms with van der Waals surface area (Å²) < 4.78 is 0. The molecule has 0 bridgehead atoms. The highest BCUT2D eigenvalue weighted by molar-refractivity contribution is 6.35. The fourth-order valence-electron chi connectivity index (χ4n) is 1.76. The van der Waals surface area contributed by atoms with Gasteiger partial charge in [-0.15, -0.1) is 0 Å². The summed E-state index contributed by atoms with van der Waals surface area (Å²) in [6, 6.07) is 14.3. The molecule has 0 heterocycles. The summed E-state index contributed by atoms with van der Waals surface area (Å²) in [4.78, 5) is 0. The van der Waals surface area contributed by atoms with E-state index in [4.69, 9.17) is 23.2 Å². The topological polar surface area (TPSA) is 0 Å². The quantitative estimate of drug-likeness (QED) is 0.725. The van der Waals surface area contributed by atoms with Crippen LogP contribution in [0.1, 0.15) is 16.7 Å². The smallest absolute Gasteiger partial charge is 0.0452 e. The maximum absolute atomic E-state index is 6.14. The molecule has 2 heteroatoms. The minimum Gasteiger partial charge on any atom is -0.0843 e. The molecule has 0 aromatic heterocycles. The first-order valence-corrected chi connectivity index (χ1v) is 6.40. The zero-order chi connectivity index (χ0) is 12.3. The fourth-order valence-corrected chi connectivity index (χ4v) is 2.26. The first-order valence-electron chi connectivity index (χ1n) is 5.64. The van der Waals surface area contributed by atoms with E-state index < -0.39 is 0 Å². The molecule has 2 aromatic carbocycles. The summed E-state index contributed by atoms with van der Waals surface area (Å²) >= 11 is 12.0. The second-order valence-corrected chi connectivity index (χ2v) is 5.06. The first kappa shape index (κ1) is 12.5. The Labute approximate surface area is 112 Å². The van der Waals surface area contributed by atoms with Gasteiger partial charge in [0.25, 0.3) is 0 Å². The van der Waals surface area contributed by atoms with Crippen LogP contribution in [0.5, 0.6) is 0 Å². The lowest BCUT2D eigenvalue weighted by molar-refractivity contribution is 0.959. The van der Waals surface area contributed by atoms with Crippen LogP contribution in [0.4, 0.5) is 0 Å². The summed E-state index contributed by atoms with van der Waals surface area (Å²) in [7, 11) is 0. The van der Waals surface area contributed by atoms with Crippen molar-refractivity contribution in [1.29, 1.82) is 0 Å². The molecule has 88 valence electrons. The van der Waals surface area contributed by atoms with Crippen molar-refractivity contribution >= 4 is 23.2 Å². The van der Waals surface area contributed by atoms with E-state index in [1.54, 1.807) is 6.07 Å². The Morgan fingerprint density at radius 1 is 0.882 bits per heavy atom. The lowest BCUT2D eigenvalue weighted by atomic mass is 10.0. The maximum Gasteiger partial charge on any atom is 0.0452 e. The Kier molecular flexibility index (Phi) is 4.09. The highest BCUT2D eigenvalue weighted by Gasteiger charge is 2.02. The SMILES string of the molecule is Cc1ccc(CCc2ccc(Cl)cc2Cl)cc1. The van der Waals surface area contributed by atoms with E-state index in [0.29, 0.717) is 5.02 Å². The van der Waals surface area contributed by atoms with Crippen molar-refractivity contribution in [1.82, 2.24) is 0 Å². The first-order chi connectivity index (χ1) is 8.15. The van der Waals surface area contributed by atoms with E-state index in [-0.39, 0.29) is 0 Å². The van der Waals surface area contributed by atoms with Gasteiger partial charge in [-0.3, -0.25) is 0 Å². The molecule has 2 aromatic rings. The van der Waals surface area contributed by atoms with E-state index in [1.807, 2.05) is 12.1 Å². The van der Waals surface area contributed by atoms with Gasteiger partial charge < -0.3 is 0 Å². The van der Waals surface area contributed by atoms with Gasteiger partial charge in [0, 0.05) is 10.0 Å². The zero-order valence-electron chi connectivity index (χ0n) is 9.71. The average molecular weight is 265 g/mol. The largest absolute Gasteiger partial charge is 0.0843 e. The summed E-state index contributed by atoms with van der Waals surface area (Å²) in [6.45, 7) is 2.10. The molecule has 0 atom stereocenters. The summed E-state index contributed by atoms with van der Waals surface area (Å²) in [5.41, 5.74) is 3.77. The zero-order valence-corrected chi connectivity index (χ0v) is 11.2. The maximum atomic E-state index is 6.14. The van der Waals surface area contributed by atoms with Crippen LogP contribution < -0.4 is 0 Å². The van der Waals surface area contributed by atoms with Crippen LogP contribution in [0.3, 0.4) is 0 Å². The van der Waals surface area contributed by atoms with Crippen molar-refractivity contribution in [3.63, 3.8) is 0 Å². The van der Waals surface area contributed by atoms with Crippen LogP contribution >= 0.6 is 23.2 Å². The number of aryl methyl sites for hydroxylation is 3. The molecule has 0 fully saturated rings. The van der Waals surface area contributed by atoms with Crippen molar-refractivity contribution < 1.29 is 0 Å². The van der Waals surface area contributed by atoms with Crippen molar-refractivity contribution in [2.75, 3.05) is 0 Å². The van der Waals surface area contributed by atoms with Gasteiger partial charge in [-0.05, 0) is 43.0 Å². The molecule has 0 saturated heterocycles. The predicted octanol–water partition coefficient (Wildman–Crippen LogP) is 5.09. The van der Waals surface area contributed by atoms with E-state index in [1.165, 1.54) is 11.1 Å². The van der Waals surface area contributed by atoms with Crippen molar-refractivity contribution in [3.05, 3.63) is 69.2 Å². The van der Waals surface area contributed by atoms with Crippen LogP contribution in [0.15, 0.2) is 42.5 Å². The molecule has 0 aliphatic heterocycles. The Morgan fingerprint density at radius 3 is 2.24 bits per heavy atom. The van der Waals surface area contributed by atoms with Gasteiger partial charge >= 0.3 is 0 Å². The Bertz CT molecular complexity index is 501. The van der Waals surface area contributed by atoms with Crippen LogP contribution in [-0.4, -0.2) is 0 Å². The molecule has 2 rings (SSSR count). The standard InChI is InChI=1S/C15H14Cl2/c1-11-2-4-12(5-3-11)6-7-13-8-9-14(16)10-15(13)17/h2-5,8-10H,6-7H2,1H3. The van der Waals surface area contributed by atoms with Gasteiger partial charge in [-0.25, -0.2) is 0 Å². The molecule has 0 unspecified atom stereocenters. The van der Waals surface area contributed by atoms with Gasteiger partial charge in [0.1, 0.15) is 0 Å². The second-order valence-electron chi connectivity index (χ2n) is 4.22. The number of benzene rings is 2. The van der Waals surface area contributed by atoms with Gasteiger partial charge in [-0.2, -0.15) is 0 Å². The minimum atomic E-state index is 0.689. The third-order valence-corrected chi connectivity index (χ3v) is 3.41. The molecule has 0 nitrogen and oxygen atoms in total. The van der Waals surface area contributed by atoms with Crippen molar-refractivity contribution in [3.8, 4) is 0 Å². The Balaban J connectivity index is 2.04. The van der Waals surface area contributed by atoms with Gasteiger partial charge in [0.15, 0.2) is 0 Å². The van der Waals surface area contributed by atoms with Crippen LogP contribution in [0.25, 0.3) is 0 Å². The molecule has 0 saturated carbocycles. The third-order valence-electron chi connectivity index (χ3n) is 2.82. The molecular formula is C15H14Cl2. The van der Waals surface area contributed by atoms with Crippen LogP contribution in [0.2, 0.25) is 10.0 Å². The highest BCUT2D eigenvalue weighted by Crippen LogP contribution is 2.22. The Hall–Kier alpha value is -0.980. The second kappa shape index (κ2) is 5.57.